The van der Waals surface area contributed by atoms with Crippen LogP contribution in [-0.2, 0) is 15.8 Å². The summed E-state index contributed by atoms with van der Waals surface area (Å²) < 4.78 is 27.6. The van der Waals surface area contributed by atoms with Crippen LogP contribution in [0.1, 0.15) is 11.1 Å². The molecule has 0 aliphatic heterocycles. The summed E-state index contributed by atoms with van der Waals surface area (Å²) in [6.07, 6.45) is 0. The summed E-state index contributed by atoms with van der Waals surface area (Å²) in [5.41, 5.74) is 8.43. The highest BCUT2D eigenvalue weighted by Gasteiger charge is 2.13. The van der Waals surface area contributed by atoms with Crippen LogP contribution in [0.15, 0.2) is 46.9 Å². The van der Waals surface area contributed by atoms with Crippen LogP contribution in [-0.4, -0.2) is 8.42 Å². The summed E-state index contributed by atoms with van der Waals surface area (Å²) in [6, 6.07) is 12.3. The van der Waals surface area contributed by atoms with Crippen molar-refractivity contribution in [2.75, 3.05) is 10.5 Å². The van der Waals surface area contributed by atoms with E-state index in [1.165, 1.54) is 0 Å². The van der Waals surface area contributed by atoms with Crippen LogP contribution in [0.4, 0.5) is 11.4 Å². The minimum atomic E-state index is -3.48. The zero-order valence-corrected chi connectivity index (χ0v) is 13.3. The van der Waals surface area contributed by atoms with Gasteiger partial charge in [0.2, 0.25) is 10.0 Å². The molecule has 0 amide bonds. The van der Waals surface area contributed by atoms with E-state index in [1.54, 1.807) is 30.3 Å². The Morgan fingerprint density at radius 3 is 2.60 bits per heavy atom. The lowest BCUT2D eigenvalue weighted by atomic mass is 10.2. The molecule has 0 heterocycles. The second kappa shape index (κ2) is 5.85. The van der Waals surface area contributed by atoms with Gasteiger partial charge in [-0.1, -0.05) is 18.2 Å². The molecule has 3 N–H and O–H groups in total. The zero-order valence-electron chi connectivity index (χ0n) is 10.9. The van der Waals surface area contributed by atoms with Crippen LogP contribution < -0.4 is 10.5 Å². The molecule has 0 fully saturated rings. The van der Waals surface area contributed by atoms with Crippen LogP contribution in [0, 0.1) is 6.92 Å². The van der Waals surface area contributed by atoms with Gasteiger partial charge in [-0.2, -0.15) is 0 Å². The van der Waals surface area contributed by atoms with Gasteiger partial charge in [-0.05, 0) is 58.2 Å². The molecule has 0 saturated heterocycles. The van der Waals surface area contributed by atoms with Crippen molar-refractivity contribution in [2.24, 2.45) is 0 Å². The first-order valence-corrected chi connectivity index (χ1v) is 8.41. The molecular weight excluding hydrogens is 340 g/mol. The molecule has 0 unspecified atom stereocenters. The van der Waals surface area contributed by atoms with Crippen molar-refractivity contribution in [1.29, 1.82) is 0 Å². The Bertz CT molecular complexity index is 730. The monoisotopic (exact) mass is 354 g/mol. The largest absolute Gasteiger partial charge is 0.399 e. The molecule has 6 heteroatoms. The van der Waals surface area contributed by atoms with Crippen LogP contribution in [0.2, 0.25) is 0 Å². The van der Waals surface area contributed by atoms with E-state index < -0.39 is 10.0 Å². The van der Waals surface area contributed by atoms with Crippen molar-refractivity contribution in [1.82, 2.24) is 0 Å². The molecule has 2 rings (SSSR count). The molecule has 106 valence electrons. The average molecular weight is 355 g/mol. The van der Waals surface area contributed by atoms with E-state index in [4.69, 9.17) is 5.73 Å². The third-order valence-corrected chi connectivity index (χ3v) is 4.60. The van der Waals surface area contributed by atoms with Crippen molar-refractivity contribution in [3.63, 3.8) is 0 Å². The quantitative estimate of drug-likeness (QED) is 0.827. The van der Waals surface area contributed by atoms with E-state index in [2.05, 4.69) is 20.7 Å². The SMILES string of the molecule is Cc1ccc(NS(=O)(=O)Cc2cccc(N)c2)c(Br)c1. The smallest absolute Gasteiger partial charge is 0.236 e. The summed E-state index contributed by atoms with van der Waals surface area (Å²) in [4.78, 5) is 0. The van der Waals surface area contributed by atoms with E-state index in [1.807, 2.05) is 19.1 Å². The maximum Gasteiger partial charge on any atom is 0.236 e. The Balaban J connectivity index is 2.19. The number of rotatable bonds is 4. The molecule has 4 nitrogen and oxygen atoms in total. The van der Waals surface area contributed by atoms with Crippen LogP contribution in [0.3, 0.4) is 0 Å². The predicted octanol–water partition coefficient (Wildman–Crippen LogP) is 3.28. The molecule has 0 spiro atoms. The van der Waals surface area contributed by atoms with Gasteiger partial charge in [0.05, 0.1) is 11.4 Å². The molecule has 0 aliphatic rings. The normalized spacial score (nSPS) is 11.3. The molecule has 2 aromatic rings. The lowest BCUT2D eigenvalue weighted by Crippen LogP contribution is -2.15. The highest BCUT2D eigenvalue weighted by atomic mass is 79.9. The van der Waals surface area contributed by atoms with Gasteiger partial charge in [0, 0.05) is 10.2 Å². The third-order valence-electron chi connectivity index (χ3n) is 2.70. The number of sulfonamides is 1. The summed E-state index contributed by atoms with van der Waals surface area (Å²) in [5.74, 6) is -0.113. The second-order valence-electron chi connectivity index (χ2n) is 4.59. The molecule has 0 atom stereocenters. The lowest BCUT2D eigenvalue weighted by molar-refractivity contribution is 0.600. The Hall–Kier alpha value is -1.53. The summed E-state index contributed by atoms with van der Waals surface area (Å²) in [5, 5.41) is 0. The number of benzene rings is 2. The number of hydrogen-bond acceptors (Lipinski definition) is 3. The Labute approximate surface area is 127 Å². The molecule has 0 radical (unpaired) electrons. The first kappa shape index (κ1) is 14.9. The van der Waals surface area contributed by atoms with Gasteiger partial charge in [0.1, 0.15) is 0 Å². The van der Waals surface area contributed by atoms with E-state index in [0.29, 0.717) is 21.4 Å². The molecule has 0 aromatic heterocycles. The Morgan fingerprint density at radius 1 is 1.20 bits per heavy atom. The van der Waals surface area contributed by atoms with Gasteiger partial charge in [0.15, 0.2) is 0 Å². The van der Waals surface area contributed by atoms with Gasteiger partial charge in [-0.3, -0.25) is 4.72 Å². The van der Waals surface area contributed by atoms with E-state index >= 15 is 0 Å². The summed E-state index contributed by atoms with van der Waals surface area (Å²) >= 11 is 3.35. The van der Waals surface area contributed by atoms with Crippen molar-refractivity contribution < 1.29 is 8.42 Å². The summed E-state index contributed by atoms with van der Waals surface area (Å²) in [6.45, 7) is 1.94. The van der Waals surface area contributed by atoms with Crippen LogP contribution in [0.5, 0.6) is 0 Å². The van der Waals surface area contributed by atoms with Crippen molar-refractivity contribution in [3.8, 4) is 0 Å². The second-order valence-corrected chi connectivity index (χ2v) is 7.17. The maximum absolute atomic E-state index is 12.1. The number of aryl methyl sites for hydroxylation is 1. The molecule has 0 aliphatic carbocycles. The molecule has 20 heavy (non-hydrogen) atoms. The predicted molar refractivity (Wildman–Crippen MR) is 86.0 cm³/mol. The first-order valence-electron chi connectivity index (χ1n) is 5.97. The lowest BCUT2D eigenvalue weighted by Gasteiger charge is -2.10. The fourth-order valence-corrected chi connectivity index (χ4v) is 3.74. The van der Waals surface area contributed by atoms with Crippen molar-refractivity contribution >= 4 is 37.3 Å². The van der Waals surface area contributed by atoms with Crippen LogP contribution in [0.25, 0.3) is 0 Å². The summed E-state index contributed by atoms with van der Waals surface area (Å²) in [7, 11) is -3.48. The van der Waals surface area contributed by atoms with E-state index in [9.17, 15) is 8.42 Å². The number of halogens is 1. The fourth-order valence-electron chi connectivity index (χ4n) is 1.81. The van der Waals surface area contributed by atoms with Gasteiger partial charge in [-0.15, -0.1) is 0 Å². The molecule has 0 saturated carbocycles. The van der Waals surface area contributed by atoms with E-state index in [0.717, 1.165) is 5.56 Å². The number of nitrogen functional groups attached to an aromatic ring is 1. The fraction of sp³-hybridized carbons (Fsp3) is 0.143. The minimum Gasteiger partial charge on any atom is -0.399 e. The van der Waals surface area contributed by atoms with Crippen molar-refractivity contribution in [2.45, 2.75) is 12.7 Å². The van der Waals surface area contributed by atoms with E-state index in [-0.39, 0.29) is 5.75 Å². The molecular formula is C14H15BrN2O2S. The number of nitrogens with two attached hydrogens (primary N) is 1. The number of nitrogens with one attached hydrogen (secondary N) is 1. The average Bonchev–Trinajstić information content (AvgIpc) is 2.32. The Kier molecular flexibility index (Phi) is 4.35. The van der Waals surface area contributed by atoms with Crippen molar-refractivity contribution in [3.05, 3.63) is 58.1 Å². The minimum absolute atomic E-state index is 0.113. The van der Waals surface area contributed by atoms with Gasteiger partial charge in [-0.25, -0.2) is 8.42 Å². The van der Waals surface area contributed by atoms with Gasteiger partial charge >= 0.3 is 0 Å². The highest BCUT2D eigenvalue weighted by Crippen LogP contribution is 2.25. The third kappa shape index (κ3) is 3.98. The number of hydrogen-bond donors (Lipinski definition) is 2. The molecule has 0 bridgehead atoms. The van der Waals surface area contributed by atoms with Crippen LogP contribution >= 0.6 is 15.9 Å². The standard InChI is InChI=1S/C14H15BrN2O2S/c1-10-5-6-14(13(15)7-10)17-20(18,19)9-11-3-2-4-12(16)8-11/h2-8,17H,9,16H2,1H3. The van der Waals surface area contributed by atoms with Gasteiger partial charge < -0.3 is 5.73 Å². The maximum atomic E-state index is 12.1. The topological polar surface area (TPSA) is 72.2 Å². The highest BCUT2D eigenvalue weighted by molar-refractivity contribution is 9.10. The first-order chi connectivity index (χ1) is 9.35. The number of anilines is 2. The Morgan fingerprint density at radius 2 is 1.95 bits per heavy atom. The zero-order chi connectivity index (χ0) is 14.8. The van der Waals surface area contributed by atoms with Gasteiger partial charge in [0.25, 0.3) is 0 Å². The molecule has 2 aromatic carbocycles.